The van der Waals surface area contributed by atoms with E-state index in [4.69, 9.17) is 9.47 Å². The van der Waals surface area contributed by atoms with Crippen LogP contribution in [0.4, 0.5) is 0 Å². The molecule has 2 saturated heterocycles. The Morgan fingerprint density at radius 2 is 1.81 bits per heavy atom. The van der Waals surface area contributed by atoms with Gasteiger partial charge < -0.3 is 9.47 Å². The highest BCUT2D eigenvalue weighted by atomic mass is 32.2. The van der Waals surface area contributed by atoms with E-state index in [9.17, 15) is 8.42 Å². The van der Waals surface area contributed by atoms with E-state index in [-0.39, 0.29) is 5.41 Å². The molecule has 1 unspecified atom stereocenters. The van der Waals surface area contributed by atoms with Crippen molar-refractivity contribution in [2.75, 3.05) is 26.3 Å². The molecule has 2 heterocycles. The highest BCUT2D eigenvalue weighted by molar-refractivity contribution is 7.89. The van der Waals surface area contributed by atoms with Crippen molar-refractivity contribution in [1.82, 2.24) is 4.31 Å². The molecule has 0 radical (unpaired) electrons. The third-order valence-electron chi connectivity index (χ3n) is 5.74. The molecule has 2 aliphatic rings. The quantitative estimate of drug-likeness (QED) is 0.803. The van der Waals surface area contributed by atoms with Gasteiger partial charge in [-0.05, 0) is 43.4 Å². The van der Waals surface area contributed by atoms with Crippen LogP contribution in [0.2, 0.25) is 0 Å². The van der Waals surface area contributed by atoms with E-state index in [0.29, 0.717) is 31.2 Å². The molecule has 0 aromatic heterocycles. The summed E-state index contributed by atoms with van der Waals surface area (Å²) in [4.78, 5) is 0.347. The van der Waals surface area contributed by atoms with E-state index < -0.39 is 21.2 Å². The van der Waals surface area contributed by atoms with Crippen LogP contribution in [0.15, 0.2) is 29.2 Å². The molecule has 6 heteroatoms. The Morgan fingerprint density at radius 1 is 1.15 bits per heavy atom. The van der Waals surface area contributed by atoms with Crippen molar-refractivity contribution < 1.29 is 17.9 Å². The minimum absolute atomic E-state index is 0.0362. The van der Waals surface area contributed by atoms with E-state index in [1.54, 1.807) is 16.4 Å². The van der Waals surface area contributed by atoms with Gasteiger partial charge in [-0.1, -0.05) is 32.9 Å². The monoisotopic (exact) mass is 381 g/mol. The second kappa shape index (κ2) is 6.59. The summed E-state index contributed by atoms with van der Waals surface area (Å²) in [7, 11) is -3.57. The number of nitrogens with zero attached hydrogens (tertiary/aromatic N) is 1. The minimum Gasteiger partial charge on any atom is -0.378 e. The summed E-state index contributed by atoms with van der Waals surface area (Å²) < 4.78 is 39.9. The number of sulfonamides is 1. The summed E-state index contributed by atoms with van der Waals surface area (Å²) in [6.45, 7) is 12.1. The summed E-state index contributed by atoms with van der Waals surface area (Å²) in [5.41, 5.74) is 0.123. The maximum Gasteiger partial charge on any atom is 0.243 e. The molecule has 1 aromatic carbocycles. The van der Waals surface area contributed by atoms with E-state index in [0.717, 1.165) is 18.4 Å². The molecule has 1 atom stereocenters. The molecular formula is C20H31NO4S. The lowest BCUT2D eigenvalue weighted by Crippen LogP contribution is -2.61. The van der Waals surface area contributed by atoms with Crippen LogP contribution in [0.1, 0.15) is 53.0 Å². The Hall–Kier alpha value is -0.950. The van der Waals surface area contributed by atoms with Gasteiger partial charge in [0.05, 0.1) is 17.1 Å². The molecule has 1 spiro atoms. The number of ether oxygens (including phenoxy) is 2. The van der Waals surface area contributed by atoms with Gasteiger partial charge in [0.15, 0.2) is 0 Å². The van der Waals surface area contributed by atoms with Crippen molar-refractivity contribution >= 4 is 10.0 Å². The lowest BCUT2D eigenvalue weighted by atomic mass is 9.82. The third-order valence-corrected chi connectivity index (χ3v) is 7.54. The first kappa shape index (κ1) is 19.8. The van der Waals surface area contributed by atoms with Gasteiger partial charge in [-0.25, -0.2) is 8.42 Å². The van der Waals surface area contributed by atoms with Crippen LogP contribution < -0.4 is 0 Å². The maximum atomic E-state index is 13.3. The molecule has 146 valence electrons. The number of morpholine rings is 1. The van der Waals surface area contributed by atoms with E-state index in [1.165, 1.54) is 0 Å². The summed E-state index contributed by atoms with van der Waals surface area (Å²) in [5, 5.41) is 0. The molecule has 0 bridgehead atoms. The fourth-order valence-corrected chi connectivity index (χ4v) is 5.51. The normalized spacial score (nSPS) is 27.1. The van der Waals surface area contributed by atoms with Gasteiger partial charge in [-0.2, -0.15) is 4.31 Å². The van der Waals surface area contributed by atoms with Crippen LogP contribution >= 0.6 is 0 Å². The van der Waals surface area contributed by atoms with Gasteiger partial charge >= 0.3 is 0 Å². The smallest absolute Gasteiger partial charge is 0.243 e. The van der Waals surface area contributed by atoms with Gasteiger partial charge in [0.25, 0.3) is 0 Å². The predicted octanol–water partition coefficient (Wildman–Crippen LogP) is 3.33. The first-order chi connectivity index (χ1) is 12.0. The molecule has 0 amide bonds. The summed E-state index contributed by atoms with van der Waals surface area (Å²) in [5.74, 6) is 0. The van der Waals surface area contributed by atoms with Gasteiger partial charge in [0.1, 0.15) is 5.60 Å². The fraction of sp³-hybridized carbons (Fsp3) is 0.700. The lowest BCUT2D eigenvalue weighted by Gasteiger charge is -2.47. The zero-order valence-electron chi connectivity index (χ0n) is 16.5. The average molecular weight is 382 g/mol. The highest BCUT2D eigenvalue weighted by Crippen LogP contribution is 2.37. The lowest BCUT2D eigenvalue weighted by molar-refractivity contribution is -0.180. The van der Waals surface area contributed by atoms with Gasteiger partial charge in [0.2, 0.25) is 10.0 Å². The van der Waals surface area contributed by atoms with Crippen molar-refractivity contribution in [1.29, 1.82) is 0 Å². The van der Waals surface area contributed by atoms with Crippen LogP contribution in [-0.4, -0.2) is 50.2 Å². The van der Waals surface area contributed by atoms with Crippen LogP contribution in [0.5, 0.6) is 0 Å². The number of hydrogen-bond acceptors (Lipinski definition) is 4. The first-order valence-corrected chi connectivity index (χ1v) is 10.8. The molecule has 2 aliphatic heterocycles. The zero-order valence-corrected chi connectivity index (χ0v) is 17.4. The maximum absolute atomic E-state index is 13.3. The molecule has 0 saturated carbocycles. The molecule has 5 nitrogen and oxygen atoms in total. The van der Waals surface area contributed by atoms with Crippen molar-refractivity contribution in [2.45, 2.75) is 69.0 Å². The minimum atomic E-state index is -3.57. The van der Waals surface area contributed by atoms with Crippen LogP contribution in [0, 0.1) is 0 Å². The molecular weight excluding hydrogens is 350 g/mol. The van der Waals surface area contributed by atoms with E-state index in [1.807, 2.05) is 26.0 Å². The zero-order chi connectivity index (χ0) is 19.2. The van der Waals surface area contributed by atoms with Gasteiger partial charge in [-0.15, -0.1) is 0 Å². The predicted molar refractivity (Wildman–Crippen MR) is 102 cm³/mol. The second-order valence-electron chi connectivity index (χ2n) is 8.88. The van der Waals surface area contributed by atoms with Crippen LogP contribution in [0.3, 0.4) is 0 Å². The number of rotatable bonds is 4. The SMILES string of the molecule is CCC(C)(C)c1ccc(S(=O)(=O)N2CC(C)(C)OC3(CCOC3)C2)cc1. The highest BCUT2D eigenvalue weighted by Gasteiger charge is 2.49. The van der Waals surface area contributed by atoms with Gasteiger partial charge in [0, 0.05) is 26.1 Å². The Bertz CT molecular complexity index is 747. The Labute approximate surface area is 157 Å². The molecule has 26 heavy (non-hydrogen) atoms. The summed E-state index contributed by atoms with van der Waals surface area (Å²) in [6, 6.07) is 7.36. The van der Waals surface area contributed by atoms with Crippen molar-refractivity contribution in [3.63, 3.8) is 0 Å². The van der Waals surface area contributed by atoms with E-state index >= 15 is 0 Å². The standard InChI is InChI=1S/C20H31NO4S/c1-6-18(2,3)16-7-9-17(10-8-16)26(22,23)21-13-19(4,5)25-20(14-21)11-12-24-15-20/h7-10H,6,11-15H2,1-5H3. The molecule has 1 aromatic rings. The molecule has 0 N–H and O–H groups in total. The molecule has 3 rings (SSSR count). The number of hydrogen-bond donors (Lipinski definition) is 0. The fourth-order valence-electron chi connectivity index (χ4n) is 3.85. The third kappa shape index (κ3) is 3.70. The van der Waals surface area contributed by atoms with Crippen LogP contribution in [0.25, 0.3) is 0 Å². The molecule has 2 fully saturated rings. The summed E-state index contributed by atoms with van der Waals surface area (Å²) >= 11 is 0. The molecule has 0 aliphatic carbocycles. The Morgan fingerprint density at radius 3 is 2.35 bits per heavy atom. The largest absolute Gasteiger partial charge is 0.378 e. The van der Waals surface area contributed by atoms with Crippen molar-refractivity contribution in [3.05, 3.63) is 29.8 Å². The van der Waals surface area contributed by atoms with E-state index in [2.05, 4.69) is 20.8 Å². The van der Waals surface area contributed by atoms with Crippen LogP contribution in [-0.2, 0) is 24.9 Å². The van der Waals surface area contributed by atoms with Crippen molar-refractivity contribution in [3.8, 4) is 0 Å². The topological polar surface area (TPSA) is 55.8 Å². The van der Waals surface area contributed by atoms with Crippen molar-refractivity contribution in [2.24, 2.45) is 0 Å². The first-order valence-electron chi connectivity index (χ1n) is 9.38. The average Bonchev–Trinajstić information content (AvgIpc) is 3.00. The number of benzene rings is 1. The van der Waals surface area contributed by atoms with Gasteiger partial charge in [-0.3, -0.25) is 0 Å². The summed E-state index contributed by atoms with van der Waals surface area (Å²) in [6.07, 6.45) is 1.73. The Balaban J connectivity index is 1.89. The second-order valence-corrected chi connectivity index (χ2v) is 10.8. The Kier molecular flexibility index (Phi) is 5.02.